The molecule has 0 unspecified atom stereocenters. The summed E-state index contributed by atoms with van der Waals surface area (Å²) in [6.45, 7) is 2.68. The van der Waals surface area contributed by atoms with Crippen LogP contribution in [-0.4, -0.2) is 42.3 Å². The fraction of sp³-hybridized carbons (Fsp3) is 0.368. The standard InChI is InChI=1S/C19H23N7O/c1-24-19(27)26(16-5-3-2-4-6-16)17(23-24)15-7-9-25(10-8-15)13-14-11-21-18(20)22-12-14/h2-6,11-12,15H,7-10,13H2,1H3,(H2,20,21,22). The molecule has 140 valence electrons. The highest BCUT2D eigenvalue weighted by atomic mass is 16.2. The number of nitrogens with two attached hydrogens (primary N) is 1. The summed E-state index contributed by atoms with van der Waals surface area (Å²) < 4.78 is 3.18. The number of hydrogen-bond donors (Lipinski definition) is 1. The Morgan fingerprint density at radius 1 is 1.11 bits per heavy atom. The van der Waals surface area contributed by atoms with Crippen molar-refractivity contribution in [2.45, 2.75) is 25.3 Å². The van der Waals surface area contributed by atoms with E-state index in [-0.39, 0.29) is 11.6 Å². The molecule has 4 rings (SSSR count). The molecule has 8 nitrogen and oxygen atoms in total. The maximum atomic E-state index is 12.6. The number of aromatic nitrogens is 5. The first-order chi connectivity index (χ1) is 13.1. The van der Waals surface area contributed by atoms with Gasteiger partial charge in [0.2, 0.25) is 5.95 Å². The number of likely N-dealkylation sites (tertiary alicyclic amines) is 1. The number of nitrogens with zero attached hydrogens (tertiary/aromatic N) is 6. The zero-order chi connectivity index (χ0) is 18.8. The Kier molecular flexibility index (Phi) is 4.72. The summed E-state index contributed by atoms with van der Waals surface area (Å²) in [7, 11) is 1.71. The van der Waals surface area contributed by atoms with E-state index in [1.165, 1.54) is 4.68 Å². The van der Waals surface area contributed by atoms with E-state index in [2.05, 4.69) is 20.0 Å². The molecule has 8 heteroatoms. The first-order valence-corrected chi connectivity index (χ1v) is 9.12. The van der Waals surface area contributed by atoms with Crippen LogP contribution in [0.3, 0.4) is 0 Å². The zero-order valence-corrected chi connectivity index (χ0v) is 15.3. The van der Waals surface area contributed by atoms with Gasteiger partial charge in [0.15, 0.2) is 0 Å². The highest BCUT2D eigenvalue weighted by Crippen LogP contribution is 2.28. The molecule has 0 radical (unpaired) electrons. The van der Waals surface area contributed by atoms with Gasteiger partial charge in [-0.25, -0.2) is 24.0 Å². The highest BCUT2D eigenvalue weighted by molar-refractivity contribution is 5.33. The Labute approximate surface area is 157 Å². The van der Waals surface area contributed by atoms with Crippen molar-refractivity contribution in [3.63, 3.8) is 0 Å². The fourth-order valence-corrected chi connectivity index (χ4v) is 3.62. The lowest BCUT2D eigenvalue weighted by Crippen LogP contribution is -2.33. The van der Waals surface area contributed by atoms with Crippen molar-refractivity contribution in [3.8, 4) is 5.69 Å². The molecular formula is C19H23N7O. The SMILES string of the molecule is Cn1nc(C2CCN(Cc3cnc(N)nc3)CC2)n(-c2ccccc2)c1=O. The second kappa shape index (κ2) is 7.32. The number of hydrogen-bond acceptors (Lipinski definition) is 6. The molecule has 0 amide bonds. The topological polar surface area (TPSA) is 94.9 Å². The van der Waals surface area contributed by atoms with Crippen LogP contribution in [0.25, 0.3) is 5.69 Å². The van der Waals surface area contributed by atoms with E-state index in [1.807, 2.05) is 30.3 Å². The second-order valence-corrected chi connectivity index (χ2v) is 6.94. The van der Waals surface area contributed by atoms with Gasteiger partial charge in [0.05, 0.1) is 5.69 Å². The van der Waals surface area contributed by atoms with Crippen LogP contribution in [0.1, 0.15) is 30.1 Å². The second-order valence-electron chi connectivity index (χ2n) is 6.94. The Balaban J connectivity index is 1.49. The van der Waals surface area contributed by atoms with E-state index >= 15 is 0 Å². The molecule has 0 saturated carbocycles. The summed E-state index contributed by atoms with van der Waals surface area (Å²) in [4.78, 5) is 23.1. The lowest BCUT2D eigenvalue weighted by atomic mass is 9.95. The number of anilines is 1. The van der Waals surface area contributed by atoms with Gasteiger partial charge in [-0.05, 0) is 38.1 Å². The fourth-order valence-electron chi connectivity index (χ4n) is 3.62. The summed E-state index contributed by atoms with van der Waals surface area (Å²) in [6, 6.07) is 9.72. The lowest BCUT2D eigenvalue weighted by Gasteiger charge is -2.31. The molecule has 0 atom stereocenters. The molecule has 1 aliphatic heterocycles. The van der Waals surface area contributed by atoms with Crippen LogP contribution in [-0.2, 0) is 13.6 Å². The van der Waals surface area contributed by atoms with E-state index < -0.39 is 0 Å². The molecule has 1 aromatic carbocycles. The average molecular weight is 365 g/mol. The molecule has 3 aromatic rings. The predicted octanol–water partition coefficient (Wildman–Crippen LogP) is 1.32. The molecular weight excluding hydrogens is 342 g/mol. The minimum Gasteiger partial charge on any atom is -0.368 e. The van der Waals surface area contributed by atoms with Crippen LogP contribution in [0.4, 0.5) is 5.95 Å². The summed E-state index contributed by atoms with van der Waals surface area (Å²) in [5.41, 5.74) is 7.37. The quantitative estimate of drug-likeness (QED) is 0.749. The van der Waals surface area contributed by atoms with Gasteiger partial charge in [0.1, 0.15) is 5.82 Å². The highest BCUT2D eigenvalue weighted by Gasteiger charge is 2.27. The van der Waals surface area contributed by atoms with Crippen LogP contribution in [0.2, 0.25) is 0 Å². The van der Waals surface area contributed by atoms with Crippen molar-refractivity contribution in [2.24, 2.45) is 7.05 Å². The number of benzene rings is 1. The van der Waals surface area contributed by atoms with Gasteiger partial charge in [0, 0.05) is 37.5 Å². The molecule has 27 heavy (non-hydrogen) atoms. The molecule has 1 saturated heterocycles. The lowest BCUT2D eigenvalue weighted by molar-refractivity contribution is 0.200. The minimum absolute atomic E-state index is 0.0994. The Hall–Kier alpha value is -3.00. The summed E-state index contributed by atoms with van der Waals surface area (Å²) >= 11 is 0. The minimum atomic E-state index is -0.0994. The van der Waals surface area contributed by atoms with Crippen molar-refractivity contribution >= 4 is 5.95 Å². The summed E-state index contributed by atoms with van der Waals surface area (Å²) in [6.07, 6.45) is 5.47. The third kappa shape index (κ3) is 3.61. The van der Waals surface area contributed by atoms with Crippen LogP contribution < -0.4 is 11.4 Å². The molecule has 1 aliphatic rings. The van der Waals surface area contributed by atoms with Crippen LogP contribution in [0, 0.1) is 0 Å². The van der Waals surface area contributed by atoms with Crippen LogP contribution in [0.15, 0.2) is 47.5 Å². The first kappa shape index (κ1) is 17.4. The van der Waals surface area contributed by atoms with Gasteiger partial charge in [0.25, 0.3) is 0 Å². The number of nitrogen functional groups attached to an aromatic ring is 1. The third-order valence-electron chi connectivity index (χ3n) is 5.05. The van der Waals surface area contributed by atoms with Crippen LogP contribution >= 0.6 is 0 Å². The van der Waals surface area contributed by atoms with Crippen molar-refractivity contribution in [3.05, 3.63) is 64.6 Å². The van der Waals surface area contributed by atoms with Gasteiger partial charge in [-0.2, -0.15) is 5.10 Å². The van der Waals surface area contributed by atoms with E-state index in [4.69, 9.17) is 5.73 Å². The molecule has 3 heterocycles. The third-order valence-corrected chi connectivity index (χ3v) is 5.05. The molecule has 2 aromatic heterocycles. The van der Waals surface area contributed by atoms with E-state index in [9.17, 15) is 4.79 Å². The Bertz CT molecular complexity index is 954. The van der Waals surface area contributed by atoms with Crippen molar-refractivity contribution in [2.75, 3.05) is 18.8 Å². The smallest absolute Gasteiger partial charge is 0.350 e. The number of aryl methyl sites for hydroxylation is 1. The maximum Gasteiger partial charge on any atom is 0.350 e. The van der Waals surface area contributed by atoms with E-state index in [0.717, 1.165) is 49.6 Å². The zero-order valence-electron chi connectivity index (χ0n) is 15.3. The summed E-state index contributed by atoms with van der Waals surface area (Å²) in [5.74, 6) is 1.41. The van der Waals surface area contributed by atoms with Crippen molar-refractivity contribution < 1.29 is 0 Å². The Morgan fingerprint density at radius 3 is 2.44 bits per heavy atom. The maximum absolute atomic E-state index is 12.6. The van der Waals surface area contributed by atoms with Crippen molar-refractivity contribution in [1.29, 1.82) is 0 Å². The predicted molar refractivity (Wildman–Crippen MR) is 103 cm³/mol. The molecule has 0 aliphatic carbocycles. The number of rotatable bonds is 4. The van der Waals surface area contributed by atoms with Gasteiger partial charge >= 0.3 is 5.69 Å². The van der Waals surface area contributed by atoms with Gasteiger partial charge < -0.3 is 5.73 Å². The molecule has 0 spiro atoms. The van der Waals surface area contributed by atoms with Gasteiger partial charge in [-0.15, -0.1) is 0 Å². The average Bonchev–Trinajstić information content (AvgIpc) is 3.00. The molecule has 2 N–H and O–H groups in total. The molecule has 1 fully saturated rings. The largest absolute Gasteiger partial charge is 0.368 e. The molecule has 0 bridgehead atoms. The van der Waals surface area contributed by atoms with Gasteiger partial charge in [-0.1, -0.05) is 18.2 Å². The van der Waals surface area contributed by atoms with E-state index in [0.29, 0.717) is 5.95 Å². The summed E-state index contributed by atoms with van der Waals surface area (Å²) in [5, 5.41) is 4.54. The van der Waals surface area contributed by atoms with Crippen molar-refractivity contribution in [1.82, 2.24) is 29.2 Å². The van der Waals surface area contributed by atoms with Crippen LogP contribution in [0.5, 0.6) is 0 Å². The number of piperidine rings is 1. The normalized spacial score (nSPS) is 15.9. The monoisotopic (exact) mass is 365 g/mol. The number of para-hydroxylation sites is 1. The Morgan fingerprint density at radius 2 is 1.78 bits per heavy atom. The van der Waals surface area contributed by atoms with Gasteiger partial charge in [-0.3, -0.25) is 4.90 Å². The first-order valence-electron chi connectivity index (χ1n) is 9.12. The van der Waals surface area contributed by atoms with E-state index in [1.54, 1.807) is 24.0 Å².